The molecule has 0 spiro atoms. The van der Waals surface area contributed by atoms with E-state index in [0.717, 1.165) is 12.0 Å². The van der Waals surface area contributed by atoms with Crippen LogP contribution in [-0.2, 0) is 0 Å². The van der Waals surface area contributed by atoms with E-state index in [1.54, 1.807) is 14.2 Å². The Balaban J connectivity index is 0.00000256. The van der Waals surface area contributed by atoms with Crippen molar-refractivity contribution in [3.05, 3.63) is 23.8 Å². The second-order valence-electron chi connectivity index (χ2n) is 3.59. The van der Waals surface area contributed by atoms with Gasteiger partial charge in [-0.05, 0) is 30.5 Å². The zero-order valence-electron chi connectivity index (χ0n) is 10.2. The summed E-state index contributed by atoms with van der Waals surface area (Å²) in [6, 6.07) is 5.56. The van der Waals surface area contributed by atoms with E-state index in [1.807, 2.05) is 18.2 Å². The maximum atomic E-state index is 8.74. The van der Waals surface area contributed by atoms with E-state index in [4.69, 9.17) is 20.3 Å². The Kier molecular flexibility index (Phi) is 7.70. The average molecular weight is 262 g/mol. The van der Waals surface area contributed by atoms with Gasteiger partial charge in [0.25, 0.3) is 0 Å². The van der Waals surface area contributed by atoms with E-state index in [0.29, 0.717) is 17.9 Å². The van der Waals surface area contributed by atoms with Crippen LogP contribution in [0.2, 0.25) is 0 Å². The molecule has 0 heterocycles. The first-order valence-electron chi connectivity index (χ1n) is 5.31. The van der Waals surface area contributed by atoms with Crippen LogP contribution in [0, 0.1) is 0 Å². The van der Waals surface area contributed by atoms with E-state index in [1.165, 1.54) is 0 Å². The Bertz CT molecular complexity index is 334. The molecule has 1 aromatic carbocycles. The van der Waals surface area contributed by atoms with Gasteiger partial charge in [0, 0.05) is 12.6 Å². The monoisotopic (exact) mass is 261 g/mol. The summed E-state index contributed by atoms with van der Waals surface area (Å²) in [6.45, 7) is 0.168. The third-order valence-electron chi connectivity index (χ3n) is 2.51. The highest BCUT2D eigenvalue weighted by molar-refractivity contribution is 5.85. The first kappa shape index (κ1) is 16.0. The van der Waals surface area contributed by atoms with Crippen molar-refractivity contribution < 1.29 is 14.6 Å². The van der Waals surface area contributed by atoms with Crippen LogP contribution < -0.4 is 15.2 Å². The highest BCUT2D eigenvalue weighted by atomic mass is 35.5. The Morgan fingerprint density at radius 3 is 2.41 bits per heavy atom. The minimum Gasteiger partial charge on any atom is -0.493 e. The number of aliphatic hydroxyl groups excluding tert-OH is 1. The second-order valence-corrected chi connectivity index (χ2v) is 3.59. The SMILES string of the molecule is COc1ccc([C@H](N)CCCO)cc1OC.Cl. The molecule has 4 nitrogen and oxygen atoms in total. The van der Waals surface area contributed by atoms with Gasteiger partial charge in [-0.2, -0.15) is 0 Å². The van der Waals surface area contributed by atoms with Gasteiger partial charge in [0.1, 0.15) is 0 Å². The predicted octanol–water partition coefficient (Wildman–Crippen LogP) is 1.90. The van der Waals surface area contributed by atoms with Gasteiger partial charge in [0.05, 0.1) is 14.2 Å². The van der Waals surface area contributed by atoms with E-state index in [9.17, 15) is 0 Å². The van der Waals surface area contributed by atoms with Crippen LogP contribution in [-0.4, -0.2) is 25.9 Å². The molecule has 98 valence electrons. The average Bonchev–Trinajstić information content (AvgIpc) is 2.34. The molecule has 1 aromatic rings. The van der Waals surface area contributed by atoms with Crippen molar-refractivity contribution in [2.75, 3.05) is 20.8 Å². The van der Waals surface area contributed by atoms with E-state index >= 15 is 0 Å². The summed E-state index contributed by atoms with van der Waals surface area (Å²) < 4.78 is 10.3. The number of hydrogen-bond donors (Lipinski definition) is 2. The first-order chi connectivity index (χ1) is 7.72. The summed E-state index contributed by atoms with van der Waals surface area (Å²) in [5, 5.41) is 8.74. The molecule has 0 amide bonds. The number of benzene rings is 1. The van der Waals surface area contributed by atoms with Gasteiger partial charge in [-0.15, -0.1) is 12.4 Å². The fourth-order valence-electron chi connectivity index (χ4n) is 1.56. The van der Waals surface area contributed by atoms with Crippen molar-refractivity contribution in [2.45, 2.75) is 18.9 Å². The molecule has 0 fully saturated rings. The number of halogens is 1. The van der Waals surface area contributed by atoms with Crippen LogP contribution in [0.15, 0.2) is 18.2 Å². The molecule has 0 radical (unpaired) electrons. The van der Waals surface area contributed by atoms with Gasteiger partial charge >= 0.3 is 0 Å². The molecule has 17 heavy (non-hydrogen) atoms. The molecule has 0 aliphatic rings. The topological polar surface area (TPSA) is 64.7 Å². The summed E-state index contributed by atoms with van der Waals surface area (Å²) in [5.74, 6) is 1.38. The largest absolute Gasteiger partial charge is 0.493 e. The van der Waals surface area contributed by atoms with Gasteiger partial charge in [-0.3, -0.25) is 0 Å². The Hall–Kier alpha value is -0.970. The highest BCUT2D eigenvalue weighted by Gasteiger charge is 2.10. The number of methoxy groups -OCH3 is 2. The molecule has 0 saturated heterocycles. The smallest absolute Gasteiger partial charge is 0.161 e. The Labute approximate surface area is 108 Å². The minimum atomic E-state index is -0.0769. The zero-order chi connectivity index (χ0) is 12.0. The van der Waals surface area contributed by atoms with E-state index in [2.05, 4.69) is 0 Å². The van der Waals surface area contributed by atoms with Crippen molar-refractivity contribution in [3.8, 4) is 11.5 Å². The van der Waals surface area contributed by atoms with Crippen molar-refractivity contribution >= 4 is 12.4 Å². The summed E-state index contributed by atoms with van der Waals surface area (Å²) in [5.41, 5.74) is 6.98. The van der Waals surface area contributed by atoms with Crippen LogP contribution in [0.4, 0.5) is 0 Å². The fraction of sp³-hybridized carbons (Fsp3) is 0.500. The molecular weight excluding hydrogens is 242 g/mol. The number of rotatable bonds is 6. The van der Waals surface area contributed by atoms with Gasteiger partial charge in [0.15, 0.2) is 11.5 Å². The second kappa shape index (κ2) is 8.17. The number of nitrogens with two attached hydrogens (primary N) is 1. The maximum Gasteiger partial charge on any atom is 0.161 e. The van der Waals surface area contributed by atoms with Crippen LogP contribution in [0.25, 0.3) is 0 Å². The van der Waals surface area contributed by atoms with Gasteiger partial charge < -0.3 is 20.3 Å². The minimum absolute atomic E-state index is 0. The van der Waals surface area contributed by atoms with Crippen LogP contribution in [0.1, 0.15) is 24.4 Å². The third kappa shape index (κ3) is 4.42. The molecule has 0 bridgehead atoms. The van der Waals surface area contributed by atoms with E-state index in [-0.39, 0.29) is 25.1 Å². The lowest BCUT2D eigenvalue weighted by molar-refractivity contribution is 0.280. The summed E-state index contributed by atoms with van der Waals surface area (Å²) >= 11 is 0. The lowest BCUT2D eigenvalue weighted by atomic mass is 10.0. The van der Waals surface area contributed by atoms with E-state index < -0.39 is 0 Å². The van der Waals surface area contributed by atoms with Crippen molar-refractivity contribution in [2.24, 2.45) is 5.73 Å². The lowest BCUT2D eigenvalue weighted by Gasteiger charge is -2.14. The number of hydrogen-bond acceptors (Lipinski definition) is 4. The molecular formula is C12H20ClNO3. The quantitative estimate of drug-likeness (QED) is 0.821. The van der Waals surface area contributed by atoms with Gasteiger partial charge in [0.2, 0.25) is 0 Å². The third-order valence-corrected chi connectivity index (χ3v) is 2.51. The van der Waals surface area contributed by atoms with Crippen molar-refractivity contribution in [3.63, 3.8) is 0 Å². The standard InChI is InChI=1S/C12H19NO3.ClH/c1-15-11-6-5-9(8-12(11)16-2)10(13)4-3-7-14;/h5-6,8,10,14H,3-4,7,13H2,1-2H3;1H/t10-;/m1./s1. The van der Waals surface area contributed by atoms with Crippen molar-refractivity contribution in [1.82, 2.24) is 0 Å². The highest BCUT2D eigenvalue weighted by Crippen LogP contribution is 2.30. The van der Waals surface area contributed by atoms with Crippen LogP contribution in [0.5, 0.6) is 11.5 Å². The molecule has 0 aliphatic heterocycles. The summed E-state index contributed by atoms with van der Waals surface area (Å²) in [7, 11) is 3.20. The number of ether oxygens (including phenoxy) is 2. The maximum absolute atomic E-state index is 8.74. The summed E-state index contributed by atoms with van der Waals surface area (Å²) in [6.07, 6.45) is 1.46. The molecule has 0 aliphatic carbocycles. The molecule has 1 atom stereocenters. The lowest BCUT2D eigenvalue weighted by Crippen LogP contribution is -2.11. The first-order valence-corrected chi connectivity index (χ1v) is 5.31. The molecule has 1 rings (SSSR count). The van der Waals surface area contributed by atoms with Crippen LogP contribution in [0.3, 0.4) is 0 Å². The predicted molar refractivity (Wildman–Crippen MR) is 70.0 cm³/mol. The molecule has 0 aromatic heterocycles. The summed E-state index contributed by atoms with van der Waals surface area (Å²) in [4.78, 5) is 0. The molecule has 3 N–H and O–H groups in total. The normalized spacial score (nSPS) is 11.5. The molecule has 0 saturated carbocycles. The number of aliphatic hydroxyl groups is 1. The Morgan fingerprint density at radius 2 is 1.88 bits per heavy atom. The molecule has 0 unspecified atom stereocenters. The molecule has 5 heteroatoms. The van der Waals surface area contributed by atoms with Crippen molar-refractivity contribution in [1.29, 1.82) is 0 Å². The van der Waals surface area contributed by atoms with Gasteiger partial charge in [-0.1, -0.05) is 6.07 Å². The zero-order valence-corrected chi connectivity index (χ0v) is 11.0. The van der Waals surface area contributed by atoms with Crippen LogP contribution >= 0.6 is 12.4 Å². The fourth-order valence-corrected chi connectivity index (χ4v) is 1.56. The van der Waals surface area contributed by atoms with Gasteiger partial charge in [-0.25, -0.2) is 0 Å². The Morgan fingerprint density at radius 1 is 1.24 bits per heavy atom.